The van der Waals surface area contributed by atoms with Crippen LogP contribution in [0.25, 0.3) is 0 Å². The third kappa shape index (κ3) is 5.18. The maximum atomic E-state index is 11.8. The lowest BCUT2D eigenvalue weighted by Gasteiger charge is -2.07. The molecule has 1 aromatic carbocycles. The quantitative estimate of drug-likeness (QED) is 0.857. The molecule has 2 N–H and O–H groups in total. The Labute approximate surface area is 133 Å². The van der Waals surface area contributed by atoms with Crippen molar-refractivity contribution in [2.45, 2.75) is 13.0 Å². The fraction of sp³-hybridized carbons (Fsp3) is 0.188. The normalized spacial score (nSPS) is 10.0. The van der Waals surface area contributed by atoms with Crippen LogP contribution in [-0.2, 0) is 11.3 Å². The van der Waals surface area contributed by atoms with Crippen LogP contribution in [0.5, 0.6) is 0 Å². The van der Waals surface area contributed by atoms with Gasteiger partial charge in [0.25, 0.3) is 5.91 Å². The van der Waals surface area contributed by atoms with E-state index in [4.69, 9.17) is 11.6 Å². The average Bonchev–Trinajstić information content (AvgIpc) is 2.54. The maximum Gasteiger partial charge on any atom is 0.251 e. The van der Waals surface area contributed by atoms with Crippen molar-refractivity contribution in [1.29, 1.82) is 0 Å². The van der Waals surface area contributed by atoms with Crippen LogP contribution >= 0.6 is 11.6 Å². The molecule has 1 aromatic heterocycles. The summed E-state index contributed by atoms with van der Waals surface area (Å²) >= 11 is 5.76. The summed E-state index contributed by atoms with van der Waals surface area (Å²) in [6, 6.07) is 10.3. The number of aromatic nitrogens is 1. The fourth-order valence-corrected chi connectivity index (χ4v) is 1.91. The first-order valence-electron chi connectivity index (χ1n) is 6.84. The molecule has 0 saturated carbocycles. The monoisotopic (exact) mass is 317 g/mol. The molecular formula is C16H16ClN3O2. The number of halogens is 1. The van der Waals surface area contributed by atoms with Crippen molar-refractivity contribution in [3.8, 4) is 0 Å². The minimum Gasteiger partial charge on any atom is -0.352 e. The number of carbonyl (C=O) groups excluding carboxylic acids is 2. The van der Waals surface area contributed by atoms with Gasteiger partial charge in [0.05, 0.1) is 0 Å². The molecule has 1 heterocycles. The molecule has 0 aliphatic heterocycles. The van der Waals surface area contributed by atoms with Gasteiger partial charge in [-0.2, -0.15) is 0 Å². The fourth-order valence-electron chi connectivity index (χ4n) is 1.78. The number of amides is 2. The second-order valence-corrected chi connectivity index (χ2v) is 5.09. The molecule has 6 heteroatoms. The number of hydrogen-bond acceptors (Lipinski definition) is 3. The minimum atomic E-state index is -0.225. The van der Waals surface area contributed by atoms with Gasteiger partial charge in [-0.1, -0.05) is 17.7 Å². The van der Waals surface area contributed by atoms with Gasteiger partial charge in [-0.15, -0.1) is 0 Å². The highest BCUT2D eigenvalue weighted by Gasteiger charge is 2.06. The summed E-state index contributed by atoms with van der Waals surface area (Å²) in [4.78, 5) is 27.5. The minimum absolute atomic E-state index is 0.125. The van der Waals surface area contributed by atoms with E-state index in [0.717, 1.165) is 5.56 Å². The van der Waals surface area contributed by atoms with Crippen LogP contribution in [0.15, 0.2) is 48.8 Å². The average molecular weight is 318 g/mol. The van der Waals surface area contributed by atoms with Gasteiger partial charge >= 0.3 is 0 Å². The summed E-state index contributed by atoms with van der Waals surface area (Å²) in [5.41, 5.74) is 1.45. The summed E-state index contributed by atoms with van der Waals surface area (Å²) < 4.78 is 0. The highest BCUT2D eigenvalue weighted by molar-refractivity contribution is 6.30. The molecule has 114 valence electrons. The van der Waals surface area contributed by atoms with Crippen LogP contribution in [0.3, 0.4) is 0 Å². The smallest absolute Gasteiger partial charge is 0.251 e. The predicted octanol–water partition coefficient (Wildman–Crippen LogP) is 2.17. The van der Waals surface area contributed by atoms with Crippen LogP contribution < -0.4 is 10.6 Å². The Balaban J connectivity index is 1.68. The summed E-state index contributed by atoms with van der Waals surface area (Å²) in [6.07, 6.45) is 3.60. The number of hydrogen-bond donors (Lipinski definition) is 2. The van der Waals surface area contributed by atoms with E-state index in [1.165, 1.54) is 0 Å². The number of nitrogens with zero attached hydrogens (tertiary/aromatic N) is 1. The molecule has 0 spiro atoms. The van der Waals surface area contributed by atoms with E-state index in [2.05, 4.69) is 15.6 Å². The number of pyridine rings is 1. The lowest BCUT2D eigenvalue weighted by Crippen LogP contribution is -2.30. The van der Waals surface area contributed by atoms with Crippen LogP contribution in [0.2, 0.25) is 5.02 Å². The zero-order valence-electron chi connectivity index (χ0n) is 11.9. The van der Waals surface area contributed by atoms with E-state index in [1.807, 2.05) is 12.1 Å². The summed E-state index contributed by atoms with van der Waals surface area (Å²) in [6.45, 7) is 0.706. The van der Waals surface area contributed by atoms with Crippen LogP contribution in [0, 0.1) is 0 Å². The van der Waals surface area contributed by atoms with Crippen molar-refractivity contribution < 1.29 is 9.59 Å². The first-order valence-corrected chi connectivity index (χ1v) is 7.22. The highest BCUT2D eigenvalue weighted by Crippen LogP contribution is 2.09. The van der Waals surface area contributed by atoms with E-state index in [-0.39, 0.29) is 24.8 Å². The molecule has 0 radical (unpaired) electrons. The van der Waals surface area contributed by atoms with Crippen molar-refractivity contribution in [3.63, 3.8) is 0 Å². The first kappa shape index (κ1) is 16.0. The molecule has 22 heavy (non-hydrogen) atoms. The lowest BCUT2D eigenvalue weighted by molar-refractivity contribution is -0.121. The summed E-state index contributed by atoms with van der Waals surface area (Å²) in [5, 5.41) is 6.04. The van der Waals surface area contributed by atoms with Crippen LogP contribution in [0.1, 0.15) is 22.3 Å². The molecule has 2 amide bonds. The third-order valence-corrected chi connectivity index (χ3v) is 3.21. The highest BCUT2D eigenvalue weighted by atomic mass is 35.5. The van der Waals surface area contributed by atoms with Crippen LogP contribution in [0.4, 0.5) is 0 Å². The van der Waals surface area contributed by atoms with Crippen molar-refractivity contribution >= 4 is 23.4 Å². The molecular weight excluding hydrogens is 302 g/mol. The number of nitrogens with one attached hydrogen (secondary N) is 2. The van der Waals surface area contributed by atoms with Gasteiger partial charge in [0.15, 0.2) is 0 Å². The SMILES string of the molecule is O=C(CCNC(=O)c1ccc(Cl)cc1)NCc1cccnc1. The van der Waals surface area contributed by atoms with Crippen molar-refractivity contribution in [1.82, 2.24) is 15.6 Å². The molecule has 0 atom stereocenters. The topological polar surface area (TPSA) is 71.1 Å². The zero-order chi connectivity index (χ0) is 15.8. The lowest BCUT2D eigenvalue weighted by atomic mass is 10.2. The molecule has 0 saturated heterocycles. The van der Waals surface area contributed by atoms with Gasteiger partial charge < -0.3 is 10.6 Å². The number of benzene rings is 1. The number of carbonyl (C=O) groups is 2. The summed E-state index contributed by atoms with van der Waals surface area (Å²) in [5.74, 6) is -0.350. The first-order chi connectivity index (χ1) is 10.6. The molecule has 0 bridgehead atoms. The molecule has 0 fully saturated rings. The molecule has 2 rings (SSSR count). The van der Waals surface area contributed by atoms with Crippen molar-refractivity contribution in [2.24, 2.45) is 0 Å². The third-order valence-electron chi connectivity index (χ3n) is 2.96. The zero-order valence-corrected chi connectivity index (χ0v) is 12.6. The molecule has 2 aromatic rings. The van der Waals surface area contributed by atoms with E-state index in [1.54, 1.807) is 36.7 Å². The van der Waals surface area contributed by atoms with Gasteiger partial charge in [0, 0.05) is 42.5 Å². The Bertz CT molecular complexity index is 630. The summed E-state index contributed by atoms with van der Waals surface area (Å²) in [7, 11) is 0. The van der Waals surface area contributed by atoms with Gasteiger partial charge in [-0.3, -0.25) is 14.6 Å². The molecule has 0 unspecified atom stereocenters. The van der Waals surface area contributed by atoms with E-state index < -0.39 is 0 Å². The molecule has 5 nitrogen and oxygen atoms in total. The second kappa shape index (κ2) is 8.14. The van der Waals surface area contributed by atoms with Crippen molar-refractivity contribution in [3.05, 3.63) is 64.9 Å². The second-order valence-electron chi connectivity index (χ2n) is 4.65. The van der Waals surface area contributed by atoms with E-state index in [0.29, 0.717) is 17.1 Å². The number of rotatable bonds is 6. The Hall–Kier alpha value is -2.40. The van der Waals surface area contributed by atoms with E-state index in [9.17, 15) is 9.59 Å². The Morgan fingerprint density at radius 3 is 2.55 bits per heavy atom. The standard InChI is InChI=1S/C16H16ClN3O2/c17-14-5-3-13(4-6-14)16(22)19-9-7-15(21)20-11-12-2-1-8-18-10-12/h1-6,8,10H,7,9,11H2,(H,19,22)(H,20,21). The Morgan fingerprint density at radius 2 is 1.86 bits per heavy atom. The Kier molecular flexibility index (Phi) is 5.91. The Morgan fingerprint density at radius 1 is 1.09 bits per heavy atom. The largest absolute Gasteiger partial charge is 0.352 e. The van der Waals surface area contributed by atoms with E-state index >= 15 is 0 Å². The van der Waals surface area contributed by atoms with Gasteiger partial charge in [-0.05, 0) is 35.9 Å². The van der Waals surface area contributed by atoms with Gasteiger partial charge in [-0.25, -0.2) is 0 Å². The predicted molar refractivity (Wildman–Crippen MR) is 84.5 cm³/mol. The van der Waals surface area contributed by atoms with Crippen molar-refractivity contribution in [2.75, 3.05) is 6.54 Å². The molecule has 0 aliphatic rings. The van der Waals surface area contributed by atoms with Gasteiger partial charge in [0.2, 0.25) is 5.91 Å². The maximum absolute atomic E-state index is 11.8. The van der Waals surface area contributed by atoms with Gasteiger partial charge in [0.1, 0.15) is 0 Å². The molecule has 0 aliphatic carbocycles. The van der Waals surface area contributed by atoms with Crippen LogP contribution in [-0.4, -0.2) is 23.3 Å².